The number of rotatable bonds is 3. The van der Waals surface area contributed by atoms with E-state index in [1.54, 1.807) is 11.0 Å². The van der Waals surface area contributed by atoms with Crippen molar-refractivity contribution in [1.82, 2.24) is 4.90 Å². The largest absolute Gasteiger partial charge is 0.451 e. The summed E-state index contributed by atoms with van der Waals surface area (Å²) in [5.74, 6) is 0.156. The predicted molar refractivity (Wildman–Crippen MR) is 75.1 cm³/mol. The molecule has 4 nitrogen and oxygen atoms in total. The van der Waals surface area contributed by atoms with E-state index in [0.717, 1.165) is 31.1 Å². The van der Waals surface area contributed by atoms with Crippen LogP contribution in [0.25, 0.3) is 11.0 Å². The van der Waals surface area contributed by atoms with Crippen LogP contribution in [0.3, 0.4) is 0 Å². The molecule has 0 radical (unpaired) electrons. The summed E-state index contributed by atoms with van der Waals surface area (Å²) in [6.07, 6.45) is 4.21. The van der Waals surface area contributed by atoms with Crippen LogP contribution >= 0.6 is 0 Å². The van der Waals surface area contributed by atoms with E-state index in [0.29, 0.717) is 11.3 Å². The molecule has 102 valence electrons. The third-order valence-electron chi connectivity index (χ3n) is 3.90. The van der Waals surface area contributed by atoms with Crippen molar-refractivity contribution in [2.75, 3.05) is 6.54 Å². The summed E-state index contributed by atoms with van der Waals surface area (Å²) in [5, 5.41) is 9.87. The van der Waals surface area contributed by atoms with Crippen molar-refractivity contribution >= 4 is 16.9 Å². The molecule has 1 saturated carbocycles. The van der Waals surface area contributed by atoms with Gasteiger partial charge in [-0.3, -0.25) is 4.79 Å². The van der Waals surface area contributed by atoms with E-state index in [1.807, 2.05) is 24.3 Å². The maximum absolute atomic E-state index is 12.6. The molecule has 0 atom stereocenters. The number of carbonyl (C=O) groups excluding carboxylic acids is 1. The van der Waals surface area contributed by atoms with Crippen LogP contribution < -0.4 is 0 Å². The summed E-state index contributed by atoms with van der Waals surface area (Å²) >= 11 is 0. The lowest BCUT2D eigenvalue weighted by molar-refractivity contribution is 0.0679. The van der Waals surface area contributed by atoms with Crippen LogP contribution in [0.2, 0.25) is 0 Å². The van der Waals surface area contributed by atoms with Crippen LogP contribution in [0.15, 0.2) is 34.7 Å². The average molecular weight is 268 g/mol. The highest BCUT2D eigenvalue weighted by Crippen LogP contribution is 2.26. The molecule has 1 aromatic carbocycles. The number of hydrogen-bond acceptors (Lipinski definition) is 3. The van der Waals surface area contributed by atoms with Gasteiger partial charge in [-0.1, -0.05) is 31.0 Å². The van der Waals surface area contributed by atoms with Gasteiger partial charge in [-0.25, -0.2) is 0 Å². The van der Waals surface area contributed by atoms with Gasteiger partial charge in [-0.15, -0.1) is 0 Å². The van der Waals surface area contributed by atoms with Crippen molar-refractivity contribution < 1.29 is 9.21 Å². The van der Waals surface area contributed by atoms with Crippen LogP contribution in [0, 0.1) is 11.3 Å². The molecule has 0 spiro atoms. The minimum atomic E-state index is -0.172. The Hall–Kier alpha value is -2.28. The van der Waals surface area contributed by atoms with E-state index in [4.69, 9.17) is 9.68 Å². The smallest absolute Gasteiger partial charge is 0.290 e. The van der Waals surface area contributed by atoms with Crippen LogP contribution in [-0.4, -0.2) is 23.4 Å². The minimum Gasteiger partial charge on any atom is -0.451 e. The van der Waals surface area contributed by atoms with Gasteiger partial charge in [-0.05, 0) is 25.0 Å². The fraction of sp³-hybridized carbons (Fsp3) is 0.375. The van der Waals surface area contributed by atoms with Gasteiger partial charge in [0.05, 0.1) is 6.07 Å². The van der Waals surface area contributed by atoms with Crippen molar-refractivity contribution in [2.45, 2.75) is 31.7 Å². The second-order valence-corrected chi connectivity index (χ2v) is 5.18. The lowest BCUT2D eigenvalue weighted by Crippen LogP contribution is -2.38. The summed E-state index contributed by atoms with van der Waals surface area (Å²) in [6, 6.07) is 11.6. The van der Waals surface area contributed by atoms with Gasteiger partial charge in [0.15, 0.2) is 5.76 Å². The van der Waals surface area contributed by atoms with Gasteiger partial charge >= 0.3 is 0 Å². The van der Waals surface area contributed by atoms with Crippen LogP contribution in [0.1, 0.15) is 36.2 Å². The molecule has 20 heavy (non-hydrogen) atoms. The van der Waals surface area contributed by atoms with E-state index in [-0.39, 0.29) is 18.5 Å². The van der Waals surface area contributed by atoms with Gasteiger partial charge in [0.2, 0.25) is 0 Å². The number of nitriles is 1. The summed E-state index contributed by atoms with van der Waals surface area (Å²) in [5.41, 5.74) is 0.708. The van der Waals surface area contributed by atoms with Crippen LogP contribution in [0.5, 0.6) is 0 Å². The Morgan fingerprint density at radius 1 is 1.35 bits per heavy atom. The zero-order valence-electron chi connectivity index (χ0n) is 11.2. The highest BCUT2D eigenvalue weighted by atomic mass is 16.3. The van der Waals surface area contributed by atoms with E-state index >= 15 is 0 Å². The molecule has 1 heterocycles. The number of furan rings is 1. The van der Waals surface area contributed by atoms with Gasteiger partial charge in [-0.2, -0.15) is 5.26 Å². The van der Waals surface area contributed by atoms with Gasteiger partial charge in [0.25, 0.3) is 5.91 Å². The number of para-hydroxylation sites is 1. The minimum absolute atomic E-state index is 0.126. The quantitative estimate of drug-likeness (QED) is 0.802. The van der Waals surface area contributed by atoms with Crippen molar-refractivity contribution in [3.05, 3.63) is 36.1 Å². The fourth-order valence-electron chi connectivity index (χ4n) is 2.89. The molecular weight excluding hydrogens is 252 g/mol. The standard InChI is InChI=1S/C16H16N2O2/c17-9-10-18(13-6-2-3-7-13)16(19)15-11-12-5-1-4-8-14(12)20-15/h1,4-5,8,11,13H,2-3,6-7,10H2. The second-order valence-electron chi connectivity index (χ2n) is 5.18. The van der Waals surface area contributed by atoms with Crippen LogP contribution in [0.4, 0.5) is 0 Å². The Morgan fingerprint density at radius 3 is 2.80 bits per heavy atom. The van der Waals surface area contributed by atoms with Crippen molar-refractivity contribution in [3.63, 3.8) is 0 Å². The Labute approximate surface area is 117 Å². The highest BCUT2D eigenvalue weighted by Gasteiger charge is 2.29. The molecule has 1 amide bonds. The molecule has 2 aromatic rings. The molecule has 1 fully saturated rings. The zero-order chi connectivity index (χ0) is 13.9. The SMILES string of the molecule is N#CCN(C(=O)c1cc2ccccc2o1)C1CCCC1. The first kappa shape index (κ1) is 12.7. The third-order valence-corrected chi connectivity index (χ3v) is 3.90. The van der Waals surface area contributed by atoms with Crippen molar-refractivity contribution in [1.29, 1.82) is 5.26 Å². The number of carbonyl (C=O) groups is 1. The maximum Gasteiger partial charge on any atom is 0.290 e. The first-order valence-electron chi connectivity index (χ1n) is 6.96. The van der Waals surface area contributed by atoms with Crippen molar-refractivity contribution in [3.8, 4) is 6.07 Å². The first-order valence-corrected chi connectivity index (χ1v) is 6.96. The lowest BCUT2D eigenvalue weighted by atomic mass is 10.2. The highest BCUT2D eigenvalue weighted by molar-refractivity contribution is 5.96. The second kappa shape index (κ2) is 5.38. The van der Waals surface area contributed by atoms with Gasteiger partial charge in [0.1, 0.15) is 12.1 Å². The zero-order valence-corrected chi connectivity index (χ0v) is 11.2. The monoisotopic (exact) mass is 268 g/mol. The maximum atomic E-state index is 12.6. The molecule has 3 rings (SSSR count). The number of hydrogen-bond donors (Lipinski definition) is 0. The molecular formula is C16H16N2O2. The van der Waals surface area contributed by atoms with Gasteiger partial charge in [0, 0.05) is 11.4 Å². The predicted octanol–water partition coefficient (Wildman–Crippen LogP) is 3.34. The van der Waals surface area contributed by atoms with Gasteiger partial charge < -0.3 is 9.32 Å². The number of benzene rings is 1. The molecule has 1 aromatic heterocycles. The number of amides is 1. The van der Waals surface area contributed by atoms with Crippen molar-refractivity contribution in [2.24, 2.45) is 0 Å². The lowest BCUT2D eigenvalue weighted by Gasteiger charge is -2.25. The molecule has 0 N–H and O–H groups in total. The summed E-state index contributed by atoms with van der Waals surface area (Å²) in [4.78, 5) is 14.2. The van der Waals surface area contributed by atoms with E-state index in [1.165, 1.54) is 0 Å². The number of nitrogens with zero attached hydrogens (tertiary/aromatic N) is 2. The molecule has 1 aliphatic carbocycles. The van der Waals surface area contributed by atoms with E-state index < -0.39 is 0 Å². The molecule has 0 unspecified atom stereocenters. The molecule has 4 heteroatoms. The molecule has 0 aliphatic heterocycles. The first-order chi connectivity index (χ1) is 9.79. The molecule has 0 bridgehead atoms. The number of fused-ring (bicyclic) bond motifs is 1. The summed E-state index contributed by atoms with van der Waals surface area (Å²) in [7, 11) is 0. The Kier molecular flexibility index (Phi) is 3.42. The molecule has 0 saturated heterocycles. The normalized spacial score (nSPS) is 15.3. The summed E-state index contributed by atoms with van der Waals surface area (Å²) in [6.45, 7) is 0.126. The fourth-order valence-corrected chi connectivity index (χ4v) is 2.89. The Balaban J connectivity index is 1.90. The van der Waals surface area contributed by atoms with Crippen LogP contribution in [-0.2, 0) is 0 Å². The van der Waals surface area contributed by atoms with E-state index in [9.17, 15) is 4.79 Å². The topological polar surface area (TPSA) is 57.2 Å². The molecule has 1 aliphatic rings. The third kappa shape index (κ3) is 2.27. The Morgan fingerprint density at radius 2 is 2.10 bits per heavy atom. The summed E-state index contributed by atoms with van der Waals surface area (Å²) < 4.78 is 5.62. The Bertz CT molecular complexity index is 629. The van der Waals surface area contributed by atoms with E-state index in [2.05, 4.69) is 6.07 Å². The average Bonchev–Trinajstić information content (AvgIpc) is 3.12.